The molecule has 1 amide bonds. The second-order valence-electron chi connectivity index (χ2n) is 4.17. The van der Waals surface area contributed by atoms with Crippen molar-refractivity contribution in [2.24, 2.45) is 0 Å². The number of nitro groups is 1. The second-order valence-corrected chi connectivity index (χ2v) is 4.53. The predicted octanol–water partition coefficient (Wildman–Crippen LogP) is 3.34. The fraction of sp³-hybridized carbons (Fsp3) is 0.0769. The average Bonchev–Trinajstić information content (AvgIpc) is 2.42. The molecule has 1 N–H and O–H groups in total. The lowest BCUT2D eigenvalue weighted by Gasteiger charge is -2.09. The van der Waals surface area contributed by atoms with Gasteiger partial charge in [0.1, 0.15) is 11.4 Å². The molecule has 6 nitrogen and oxygen atoms in total. The zero-order chi connectivity index (χ0) is 15.6. The highest BCUT2D eigenvalue weighted by molar-refractivity contribution is 6.32. The van der Waals surface area contributed by atoms with Crippen LogP contribution in [0.3, 0.4) is 0 Å². The number of pyridine rings is 1. The maximum absolute atomic E-state index is 13.2. The SMILES string of the molecule is Cc1ccc(F)cc1NC(=O)c1ccnc(Cl)c1[N+](=O)[O-]. The summed E-state index contributed by atoms with van der Waals surface area (Å²) in [5.41, 5.74) is 0.00386. The molecule has 0 radical (unpaired) electrons. The first-order chi connectivity index (χ1) is 9.90. The van der Waals surface area contributed by atoms with Gasteiger partial charge in [-0.3, -0.25) is 14.9 Å². The van der Waals surface area contributed by atoms with E-state index in [4.69, 9.17) is 11.6 Å². The van der Waals surface area contributed by atoms with Gasteiger partial charge in [-0.2, -0.15) is 0 Å². The molecule has 1 heterocycles. The number of rotatable bonds is 3. The molecule has 1 aromatic carbocycles. The first-order valence-electron chi connectivity index (χ1n) is 5.76. The van der Waals surface area contributed by atoms with E-state index in [2.05, 4.69) is 10.3 Å². The Morgan fingerprint density at radius 2 is 2.14 bits per heavy atom. The van der Waals surface area contributed by atoms with Gasteiger partial charge in [-0.1, -0.05) is 17.7 Å². The molecule has 0 saturated carbocycles. The standard InChI is InChI=1S/C13H9ClFN3O3/c1-7-2-3-8(15)6-10(7)17-13(19)9-4-5-16-12(14)11(9)18(20)21/h2-6H,1H3,(H,17,19). The maximum Gasteiger partial charge on any atom is 0.319 e. The summed E-state index contributed by atoms with van der Waals surface area (Å²) < 4.78 is 13.2. The number of aryl methyl sites for hydroxylation is 1. The number of benzene rings is 1. The monoisotopic (exact) mass is 309 g/mol. The van der Waals surface area contributed by atoms with Crippen molar-refractivity contribution in [2.45, 2.75) is 6.92 Å². The Morgan fingerprint density at radius 1 is 1.43 bits per heavy atom. The van der Waals surface area contributed by atoms with Crippen molar-refractivity contribution in [1.29, 1.82) is 0 Å². The number of hydrogen-bond donors (Lipinski definition) is 1. The van der Waals surface area contributed by atoms with Crippen molar-refractivity contribution in [2.75, 3.05) is 5.32 Å². The van der Waals surface area contributed by atoms with Crippen LogP contribution in [0.1, 0.15) is 15.9 Å². The molecule has 0 aliphatic heterocycles. The quantitative estimate of drug-likeness (QED) is 0.535. The van der Waals surface area contributed by atoms with E-state index in [1.165, 1.54) is 24.4 Å². The van der Waals surface area contributed by atoms with Crippen LogP contribution in [0.15, 0.2) is 30.5 Å². The summed E-state index contributed by atoms with van der Waals surface area (Å²) in [6.07, 6.45) is 1.18. The molecule has 21 heavy (non-hydrogen) atoms. The number of amides is 1. The van der Waals surface area contributed by atoms with Gasteiger partial charge in [0, 0.05) is 11.9 Å². The zero-order valence-corrected chi connectivity index (χ0v) is 11.5. The summed E-state index contributed by atoms with van der Waals surface area (Å²) in [6, 6.07) is 5.03. The van der Waals surface area contributed by atoms with Crippen LogP contribution in [0.5, 0.6) is 0 Å². The lowest BCUT2D eigenvalue weighted by molar-refractivity contribution is -0.385. The minimum atomic E-state index is -0.789. The number of hydrogen-bond acceptors (Lipinski definition) is 4. The molecule has 0 atom stereocenters. The van der Waals surface area contributed by atoms with Crippen molar-refractivity contribution in [1.82, 2.24) is 4.98 Å². The number of carbonyl (C=O) groups is 1. The van der Waals surface area contributed by atoms with Gasteiger partial charge in [0.05, 0.1) is 4.92 Å². The largest absolute Gasteiger partial charge is 0.321 e. The van der Waals surface area contributed by atoms with Crippen molar-refractivity contribution in [3.63, 3.8) is 0 Å². The van der Waals surface area contributed by atoms with Crippen molar-refractivity contribution in [3.05, 3.63) is 62.7 Å². The van der Waals surface area contributed by atoms with Crippen LogP contribution in [0.4, 0.5) is 15.8 Å². The summed E-state index contributed by atoms with van der Waals surface area (Å²) in [5.74, 6) is -1.29. The molecule has 0 aliphatic rings. The minimum Gasteiger partial charge on any atom is -0.321 e. The maximum atomic E-state index is 13.2. The van der Waals surface area contributed by atoms with E-state index in [9.17, 15) is 19.3 Å². The lowest BCUT2D eigenvalue weighted by atomic mass is 10.1. The van der Waals surface area contributed by atoms with Crippen LogP contribution in [-0.4, -0.2) is 15.8 Å². The van der Waals surface area contributed by atoms with Gasteiger partial charge in [0.15, 0.2) is 0 Å². The van der Waals surface area contributed by atoms with E-state index < -0.39 is 22.3 Å². The Kier molecular flexibility index (Phi) is 4.13. The molecule has 108 valence electrons. The number of nitrogens with one attached hydrogen (secondary N) is 1. The normalized spacial score (nSPS) is 10.2. The number of nitrogens with zero attached hydrogens (tertiary/aromatic N) is 2. The highest BCUT2D eigenvalue weighted by Gasteiger charge is 2.25. The van der Waals surface area contributed by atoms with Crippen LogP contribution in [0, 0.1) is 22.9 Å². The van der Waals surface area contributed by atoms with Crippen LogP contribution in [0.2, 0.25) is 5.15 Å². The fourth-order valence-corrected chi connectivity index (χ4v) is 1.93. The smallest absolute Gasteiger partial charge is 0.319 e. The van der Waals surface area contributed by atoms with E-state index in [-0.39, 0.29) is 16.4 Å². The Morgan fingerprint density at radius 3 is 2.81 bits per heavy atom. The van der Waals surface area contributed by atoms with E-state index in [1.54, 1.807) is 6.92 Å². The number of halogens is 2. The number of aromatic nitrogens is 1. The van der Waals surface area contributed by atoms with Crippen LogP contribution < -0.4 is 5.32 Å². The third-order valence-electron chi connectivity index (χ3n) is 2.75. The summed E-state index contributed by atoms with van der Waals surface area (Å²) in [5, 5.41) is 13.0. The first kappa shape index (κ1) is 14.9. The van der Waals surface area contributed by atoms with Gasteiger partial charge >= 0.3 is 5.69 Å². The molecular weight excluding hydrogens is 301 g/mol. The third kappa shape index (κ3) is 3.14. The van der Waals surface area contributed by atoms with Gasteiger partial charge < -0.3 is 5.32 Å². The molecule has 0 aliphatic carbocycles. The zero-order valence-electron chi connectivity index (χ0n) is 10.8. The number of carbonyl (C=O) groups excluding carboxylic acids is 1. The summed E-state index contributed by atoms with van der Waals surface area (Å²) in [7, 11) is 0. The van der Waals surface area contributed by atoms with Crippen molar-refractivity contribution >= 4 is 28.9 Å². The second kappa shape index (κ2) is 5.84. The molecule has 0 fully saturated rings. The molecule has 2 rings (SSSR count). The van der Waals surface area contributed by atoms with Gasteiger partial charge in [-0.05, 0) is 30.7 Å². The Balaban J connectivity index is 2.40. The average molecular weight is 310 g/mol. The van der Waals surface area contributed by atoms with E-state index >= 15 is 0 Å². The molecule has 1 aromatic heterocycles. The highest BCUT2D eigenvalue weighted by Crippen LogP contribution is 2.27. The third-order valence-corrected chi connectivity index (χ3v) is 3.03. The summed E-state index contributed by atoms with van der Waals surface area (Å²) in [4.78, 5) is 25.9. The van der Waals surface area contributed by atoms with Crippen LogP contribution in [-0.2, 0) is 0 Å². The molecule has 0 saturated heterocycles. The molecular formula is C13H9ClFN3O3. The fourth-order valence-electron chi connectivity index (χ4n) is 1.70. The molecule has 2 aromatic rings. The predicted molar refractivity (Wildman–Crippen MR) is 75.0 cm³/mol. The van der Waals surface area contributed by atoms with E-state index in [0.717, 1.165) is 6.07 Å². The number of anilines is 1. The molecule has 0 spiro atoms. The highest BCUT2D eigenvalue weighted by atomic mass is 35.5. The Bertz CT molecular complexity index is 737. The first-order valence-corrected chi connectivity index (χ1v) is 6.14. The van der Waals surface area contributed by atoms with Gasteiger partial charge in [-0.25, -0.2) is 9.37 Å². The van der Waals surface area contributed by atoms with E-state index in [0.29, 0.717) is 5.56 Å². The summed E-state index contributed by atoms with van der Waals surface area (Å²) in [6.45, 7) is 1.67. The van der Waals surface area contributed by atoms with Gasteiger partial charge in [-0.15, -0.1) is 0 Å². The minimum absolute atomic E-state index is 0.224. The molecule has 0 unspecified atom stereocenters. The topological polar surface area (TPSA) is 85.1 Å². The summed E-state index contributed by atoms with van der Waals surface area (Å²) >= 11 is 5.64. The van der Waals surface area contributed by atoms with E-state index in [1.807, 2.05) is 0 Å². The van der Waals surface area contributed by atoms with Crippen molar-refractivity contribution < 1.29 is 14.1 Å². The molecule has 0 bridgehead atoms. The lowest BCUT2D eigenvalue weighted by Crippen LogP contribution is -2.15. The Labute approximate surface area is 123 Å². The van der Waals surface area contributed by atoms with Gasteiger partial charge in [0.25, 0.3) is 5.91 Å². The Hall–Kier alpha value is -2.54. The van der Waals surface area contributed by atoms with Crippen LogP contribution >= 0.6 is 11.6 Å². The van der Waals surface area contributed by atoms with Crippen LogP contribution in [0.25, 0.3) is 0 Å². The molecule has 8 heteroatoms. The van der Waals surface area contributed by atoms with Crippen molar-refractivity contribution in [3.8, 4) is 0 Å². The van der Waals surface area contributed by atoms with Gasteiger partial charge in [0.2, 0.25) is 5.15 Å².